The molecule has 20 heavy (non-hydrogen) atoms. The van der Waals surface area contributed by atoms with Crippen molar-refractivity contribution >= 4 is 6.03 Å². The summed E-state index contributed by atoms with van der Waals surface area (Å²) >= 11 is 0. The van der Waals surface area contributed by atoms with Crippen LogP contribution < -0.4 is 10.6 Å². The minimum atomic E-state index is -0.545. The van der Waals surface area contributed by atoms with E-state index in [-0.39, 0.29) is 12.1 Å². The van der Waals surface area contributed by atoms with E-state index in [0.717, 1.165) is 5.56 Å². The second-order valence-corrected chi connectivity index (χ2v) is 5.48. The van der Waals surface area contributed by atoms with E-state index in [4.69, 9.17) is 0 Å². The summed E-state index contributed by atoms with van der Waals surface area (Å²) in [6.45, 7) is 8.41. The van der Waals surface area contributed by atoms with Crippen molar-refractivity contribution in [2.45, 2.75) is 58.7 Å². The molecule has 112 valence electrons. The van der Waals surface area contributed by atoms with Gasteiger partial charge in [-0.1, -0.05) is 45.0 Å². The summed E-state index contributed by atoms with van der Waals surface area (Å²) in [4.78, 5) is 11.7. The molecule has 0 spiro atoms. The van der Waals surface area contributed by atoms with Crippen LogP contribution in [0.3, 0.4) is 0 Å². The van der Waals surface area contributed by atoms with Crippen LogP contribution in [0.25, 0.3) is 0 Å². The minimum Gasteiger partial charge on any atom is -0.391 e. The minimum absolute atomic E-state index is 0.210. The number of aliphatic hydroxyl groups excluding tert-OH is 1. The second-order valence-electron chi connectivity index (χ2n) is 5.48. The Morgan fingerprint density at radius 1 is 1.20 bits per heavy atom. The van der Waals surface area contributed by atoms with E-state index in [9.17, 15) is 9.90 Å². The van der Waals surface area contributed by atoms with E-state index in [0.29, 0.717) is 18.9 Å². The summed E-state index contributed by atoms with van der Waals surface area (Å²) < 4.78 is 0. The molecule has 0 unspecified atom stereocenters. The number of benzene rings is 1. The predicted molar refractivity (Wildman–Crippen MR) is 81.7 cm³/mol. The van der Waals surface area contributed by atoms with Crippen LogP contribution in [0, 0.1) is 0 Å². The van der Waals surface area contributed by atoms with Crippen LogP contribution in [0.5, 0.6) is 0 Å². The Balaban J connectivity index is 2.44. The van der Waals surface area contributed by atoms with E-state index in [1.54, 1.807) is 6.92 Å². The van der Waals surface area contributed by atoms with E-state index in [1.165, 1.54) is 5.56 Å². The molecular weight excluding hydrogens is 252 g/mol. The van der Waals surface area contributed by atoms with E-state index in [1.807, 2.05) is 19.1 Å². The van der Waals surface area contributed by atoms with E-state index >= 15 is 0 Å². The fraction of sp³-hybridized carbons (Fsp3) is 0.562. The quantitative estimate of drug-likeness (QED) is 0.749. The lowest BCUT2D eigenvalue weighted by Gasteiger charge is -2.20. The predicted octanol–water partition coefficient (Wildman–Crippen LogP) is 2.77. The Hall–Kier alpha value is -1.55. The van der Waals surface area contributed by atoms with Gasteiger partial charge in [0.1, 0.15) is 0 Å². The van der Waals surface area contributed by atoms with Gasteiger partial charge in [-0.05, 0) is 30.4 Å². The fourth-order valence-corrected chi connectivity index (χ4v) is 1.99. The molecule has 0 heterocycles. The maximum Gasteiger partial charge on any atom is 0.315 e. The standard InChI is InChI=1S/C16H26N2O2/c1-5-15(12(4)19)18-16(20)17-10-13-6-8-14(9-7-13)11(2)3/h6-9,11-12,15,19H,5,10H2,1-4H3,(H2,17,18,20)/t12-,15-/m0/s1. The molecule has 0 aliphatic rings. The molecule has 1 aromatic rings. The molecule has 0 aromatic heterocycles. The zero-order chi connectivity index (χ0) is 15.1. The third-order valence-electron chi connectivity index (χ3n) is 3.44. The Kier molecular flexibility index (Phi) is 6.52. The lowest BCUT2D eigenvalue weighted by atomic mass is 10.0. The number of aliphatic hydroxyl groups is 1. The number of nitrogens with one attached hydrogen (secondary N) is 2. The van der Waals surface area contributed by atoms with Gasteiger partial charge in [-0.15, -0.1) is 0 Å². The van der Waals surface area contributed by atoms with Crippen molar-refractivity contribution in [3.05, 3.63) is 35.4 Å². The lowest BCUT2D eigenvalue weighted by Crippen LogP contribution is -2.46. The third kappa shape index (κ3) is 5.21. The summed E-state index contributed by atoms with van der Waals surface area (Å²) in [7, 11) is 0. The first-order valence-electron chi connectivity index (χ1n) is 7.25. The zero-order valence-electron chi connectivity index (χ0n) is 12.8. The van der Waals surface area contributed by atoms with Gasteiger partial charge in [-0.2, -0.15) is 0 Å². The Morgan fingerprint density at radius 3 is 2.25 bits per heavy atom. The molecule has 0 radical (unpaired) electrons. The lowest BCUT2D eigenvalue weighted by molar-refractivity contribution is 0.143. The zero-order valence-corrected chi connectivity index (χ0v) is 12.8. The van der Waals surface area contributed by atoms with Crippen molar-refractivity contribution < 1.29 is 9.90 Å². The molecule has 0 aliphatic carbocycles. The van der Waals surface area contributed by atoms with Crippen molar-refractivity contribution in [1.29, 1.82) is 0 Å². The molecule has 4 heteroatoms. The van der Waals surface area contributed by atoms with Crippen LogP contribution in [-0.2, 0) is 6.54 Å². The van der Waals surface area contributed by atoms with Crippen LogP contribution in [0.1, 0.15) is 51.2 Å². The Morgan fingerprint density at radius 2 is 1.80 bits per heavy atom. The highest BCUT2D eigenvalue weighted by molar-refractivity contribution is 5.74. The summed E-state index contributed by atoms with van der Waals surface area (Å²) in [5.74, 6) is 0.511. The molecular formula is C16H26N2O2. The number of rotatable bonds is 6. The van der Waals surface area contributed by atoms with Crippen LogP contribution in [-0.4, -0.2) is 23.3 Å². The van der Waals surface area contributed by atoms with Crippen molar-refractivity contribution in [2.24, 2.45) is 0 Å². The average Bonchev–Trinajstić information content (AvgIpc) is 2.42. The number of urea groups is 1. The van der Waals surface area contributed by atoms with Crippen molar-refractivity contribution in [3.8, 4) is 0 Å². The number of amides is 2. The largest absolute Gasteiger partial charge is 0.391 e. The summed E-state index contributed by atoms with van der Waals surface area (Å²) in [6.07, 6.45) is 0.157. The summed E-state index contributed by atoms with van der Waals surface area (Å²) in [5.41, 5.74) is 2.35. The molecule has 1 rings (SSSR count). The smallest absolute Gasteiger partial charge is 0.315 e. The second kappa shape index (κ2) is 7.90. The molecule has 2 atom stereocenters. The first-order chi connectivity index (χ1) is 9.43. The van der Waals surface area contributed by atoms with Gasteiger partial charge < -0.3 is 15.7 Å². The number of carbonyl (C=O) groups excluding carboxylic acids is 1. The summed E-state index contributed by atoms with van der Waals surface area (Å²) in [5, 5.41) is 15.1. The molecule has 0 bridgehead atoms. The molecule has 2 amide bonds. The highest BCUT2D eigenvalue weighted by Crippen LogP contribution is 2.14. The summed E-state index contributed by atoms with van der Waals surface area (Å²) in [6, 6.07) is 7.78. The molecule has 0 saturated heterocycles. The molecule has 1 aromatic carbocycles. The van der Waals surface area contributed by atoms with E-state index < -0.39 is 6.10 Å². The number of carbonyl (C=O) groups is 1. The molecule has 0 saturated carbocycles. The highest BCUT2D eigenvalue weighted by Gasteiger charge is 2.14. The molecule has 3 N–H and O–H groups in total. The fourth-order valence-electron chi connectivity index (χ4n) is 1.99. The number of hydrogen-bond donors (Lipinski definition) is 3. The maximum atomic E-state index is 11.7. The van der Waals surface area contributed by atoms with Gasteiger partial charge in [-0.3, -0.25) is 0 Å². The maximum absolute atomic E-state index is 11.7. The molecule has 0 aliphatic heterocycles. The molecule has 0 fully saturated rings. The van der Waals surface area contributed by atoms with Crippen molar-refractivity contribution in [2.75, 3.05) is 0 Å². The first kappa shape index (κ1) is 16.5. The van der Waals surface area contributed by atoms with Crippen LogP contribution in [0.4, 0.5) is 4.79 Å². The van der Waals surface area contributed by atoms with Gasteiger partial charge in [0, 0.05) is 6.54 Å². The van der Waals surface area contributed by atoms with E-state index in [2.05, 4.69) is 36.6 Å². The van der Waals surface area contributed by atoms with Gasteiger partial charge in [-0.25, -0.2) is 4.79 Å². The highest BCUT2D eigenvalue weighted by atomic mass is 16.3. The number of hydrogen-bond acceptors (Lipinski definition) is 2. The van der Waals surface area contributed by atoms with Gasteiger partial charge in [0.2, 0.25) is 0 Å². The van der Waals surface area contributed by atoms with Gasteiger partial charge >= 0.3 is 6.03 Å². The SMILES string of the molecule is CC[C@H](NC(=O)NCc1ccc(C(C)C)cc1)[C@H](C)O. The topological polar surface area (TPSA) is 61.4 Å². The Labute approximate surface area is 121 Å². The normalized spacial score (nSPS) is 13.9. The van der Waals surface area contributed by atoms with Crippen molar-refractivity contribution in [3.63, 3.8) is 0 Å². The average molecular weight is 278 g/mol. The monoisotopic (exact) mass is 278 g/mol. The van der Waals surface area contributed by atoms with Crippen molar-refractivity contribution in [1.82, 2.24) is 10.6 Å². The first-order valence-corrected chi connectivity index (χ1v) is 7.25. The van der Waals surface area contributed by atoms with Crippen LogP contribution in [0.2, 0.25) is 0 Å². The van der Waals surface area contributed by atoms with Gasteiger partial charge in [0.25, 0.3) is 0 Å². The third-order valence-corrected chi connectivity index (χ3v) is 3.44. The van der Waals surface area contributed by atoms with Gasteiger partial charge in [0.15, 0.2) is 0 Å². The van der Waals surface area contributed by atoms with Gasteiger partial charge in [0.05, 0.1) is 12.1 Å². The molecule has 4 nitrogen and oxygen atoms in total. The Bertz CT molecular complexity index is 413. The van der Waals surface area contributed by atoms with Crippen LogP contribution >= 0.6 is 0 Å². The van der Waals surface area contributed by atoms with Crippen LogP contribution in [0.15, 0.2) is 24.3 Å².